The van der Waals surface area contributed by atoms with E-state index in [2.05, 4.69) is 29.0 Å². The van der Waals surface area contributed by atoms with Crippen molar-refractivity contribution >= 4 is 5.96 Å². The Morgan fingerprint density at radius 2 is 2.10 bits per heavy atom. The number of aliphatic hydroxyl groups excluding tert-OH is 1. The molecule has 2 aliphatic rings. The van der Waals surface area contributed by atoms with Crippen molar-refractivity contribution in [2.45, 2.75) is 39.2 Å². The summed E-state index contributed by atoms with van der Waals surface area (Å²) in [6.07, 6.45) is 3.18. The van der Waals surface area contributed by atoms with Crippen LogP contribution in [0.25, 0.3) is 0 Å². The maximum absolute atomic E-state index is 9.66. The predicted octanol–water partition coefficient (Wildman–Crippen LogP) is 0.750. The van der Waals surface area contributed by atoms with Gasteiger partial charge in [-0.05, 0) is 45.2 Å². The smallest absolute Gasteiger partial charge is 0.194 e. The minimum atomic E-state index is -0.189. The van der Waals surface area contributed by atoms with Gasteiger partial charge in [-0.2, -0.15) is 0 Å². The molecule has 2 saturated heterocycles. The number of nitrogens with zero attached hydrogens (tertiary/aromatic N) is 3. The molecule has 0 radical (unpaired) electrons. The van der Waals surface area contributed by atoms with Crippen molar-refractivity contribution in [3.05, 3.63) is 0 Å². The highest BCUT2D eigenvalue weighted by atomic mass is 16.3. The quantitative estimate of drug-likeness (QED) is 0.577. The van der Waals surface area contributed by atoms with E-state index in [1.165, 1.54) is 32.5 Å². The van der Waals surface area contributed by atoms with E-state index in [-0.39, 0.29) is 6.10 Å². The molecule has 2 heterocycles. The van der Waals surface area contributed by atoms with E-state index in [1.807, 2.05) is 0 Å². The molecule has 0 bridgehead atoms. The molecule has 116 valence electrons. The zero-order chi connectivity index (χ0) is 14.4. The van der Waals surface area contributed by atoms with E-state index < -0.39 is 0 Å². The van der Waals surface area contributed by atoms with Gasteiger partial charge in [0.05, 0.1) is 6.10 Å². The normalized spacial score (nSPS) is 28.4. The molecule has 0 aliphatic carbocycles. The zero-order valence-corrected chi connectivity index (χ0v) is 13.0. The maximum Gasteiger partial charge on any atom is 0.194 e. The second kappa shape index (κ2) is 7.84. The standard InChI is InChI=1S/C15H30N4O/c1-3-7-18-8-5-13(11-18)10-17-15(16-4-2)19-9-6-14(20)12-19/h13-14,20H,3-12H2,1-2H3,(H,16,17)/t13?,14-/m1/s1. The molecule has 0 aromatic heterocycles. The summed E-state index contributed by atoms with van der Waals surface area (Å²) in [5, 5.41) is 13.0. The summed E-state index contributed by atoms with van der Waals surface area (Å²) >= 11 is 0. The highest BCUT2D eigenvalue weighted by Gasteiger charge is 2.24. The number of hydrogen-bond acceptors (Lipinski definition) is 3. The molecule has 2 N–H and O–H groups in total. The van der Waals surface area contributed by atoms with E-state index in [4.69, 9.17) is 4.99 Å². The molecule has 5 heteroatoms. The number of likely N-dealkylation sites (tertiary alicyclic amines) is 2. The van der Waals surface area contributed by atoms with Crippen LogP contribution in [0.4, 0.5) is 0 Å². The largest absolute Gasteiger partial charge is 0.391 e. The Hall–Kier alpha value is -0.810. The Labute approximate surface area is 123 Å². The van der Waals surface area contributed by atoms with Crippen molar-refractivity contribution in [2.24, 2.45) is 10.9 Å². The Balaban J connectivity index is 1.83. The summed E-state index contributed by atoms with van der Waals surface area (Å²) in [4.78, 5) is 9.54. The third-order valence-electron chi connectivity index (χ3n) is 4.21. The fraction of sp³-hybridized carbons (Fsp3) is 0.933. The van der Waals surface area contributed by atoms with Gasteiger partial charge in [-0.3, -0.25) is 4.99 Å². The molecule has 0 spiro atoms. The van der Waals surface area contributed by atoms with Crippen molar-refractivity contribution in [1.82, 2.24) is 15.1 Å². The Bertz CT molecular complexity index is 321. The first kappa shape index (κ1) is 15.6. The third kappa shape index (κ3) is 4.35. The van der Waals surface area contributed by atoms with Gasteiger partial charge in [0, 0.05) is 32.7 Å². The van der Waals surface area contributed by atoms with Crippen LogP contribution in [0.1, 0.15) is 33.1 Å². The summed E-state index contributed by atoms with van der Waals surface area (Å²) in [5.41, 5.74) is 0. The predicted molar refractivity (Wildman–Crippen MR) is 83.0 cm³/mol. The number of β-amino-alcohol motifs (C(OH)–C–C–N with tert-alkyl or cyclic N) is 1. The highest BCUT2D eigenvalue weighted by molar-refractivity contribution is 5.80. The van der Waals surface area contributed by atoms with Crippen molar-refractivity contribution in [3.63, 3.8) is 0 Å². The topological polar surface area (TPSA) is 51.1 Å². The van der Waals surface area contributed by atoms with Crippen LogP contribution in [0.15, 0.2) is 4.99 Å². The van der Waals surface area contributed by atoms with Gasteiger partial charge in [0.1, 0.15) is 0 Å². The van der Waals surface area contributed by atoms with Gasteiger partial charge in [-0.1, -0.05) is 6.92 Å². The summed E-state index contributed by atoms with van der Waals surface area (Å²) in [5.74, 6) is 1.68. The Morgan fingerprint density at radius 3 is 2.75 bits per heavy atom. The first-order valence-corrected chi connectivity index (χ1v) is 8.16. The first-order valence-electron chi connectivity index (χ1n) is 8.16. The van der Waals surface area contributed by atoms with E-state index in [0.717, 1.165) is 38.6 Å². The second-order valence-electron chi connectivity index (χ2n) is 6.04. The number of rotatable bonds is 5. The van der Waals surface area contributed by atoms with Crippen LogP contribution in [0.2, 0.25) is 0 Å². The van der Waals surface area contributed by atoms with Gasteiger partial charge in [0.25, 0.3) is 0 Å². The molecule has 2 aliphatic heterocycles. The lowest BCUT2D eigenvalue weighted by Gasteiger charge is -2.21. The van der Waals surface area contributed by atoms with Crippen LogP contribution in [0.5, 0.6) is 0 Å². The maximum atomic E-state index is 9.66. The minimum Gasteiger partial charge on any atom is -0.391 e. The van der Waals surface area contributed by atoms with Gasteiger partial charge in [-0.25, -0.2) is 0 Å². The van der Waals surface area contributed by atoms with Crippen molar-refractivity contribution < 1.29 is 5.11 Å². The van der Waals surface area contributed by atoms with Crippen LogP contribution < -0.4 is 5.32 Å². The van der Waals surface area contributed by atoms with Crippen molar-refractivity contribution in [1.29, 1.82) is 0 Å². The van der Waals surface area contributed by atoms with Crippen molar-refractivity contribution in [2.75, 3.05) is 45.8 Å². The fourth-order valence-electron chi connectivity index (χ4n) is 3.16. The average Bonchev–Trinajstić information content (AvgIpc) is 3.04. The van der Waals surface area contributed by atoms with E-state index in [1.54, 1.807) is 0 Å². The summed E-state index contributed by atoms with van der Waals surface area (Å²) in [6.45, 7) is 11.4. The van der Waals surface area contributed by atoms with Crippen molar-refractivity contribution in [3.8, 4) is 0 Å². The lowest BCUT2D eigenvalue weighted by Crippen LogP contribution is -2.40. The number of guanidine groups is 1. The van der Waals surface area contributed by atoms with Crippen LogP contribution in [0, 0.1) is 5.92 Å². The van der Waals surface area contributed by atoms with Crippen LogP contribution in [0.3, 0.4) is 0 Å². The lowest BCUT2D eigenvalue weighted by atomic mass is 10.1. The highest BCUT2D eigenvalue weighted by Crippen LogP contribution is 2.17. The summed E-state index contributed by atoms with van der Waals surface area (Å²) < 4.78 is 0. The van der Waals surface area contributed by atoms with E-state index in [0.29, 0.717) is 5.92 Å². The number of aliphatic imine (C=N–C) groups is 1. The third-order valence-corrected chi connectivity index (χ3v) is 4.21. The molecule has 1 unspecified atom stereocenters. The minimum absolute atomic E-state index is 0.189. The van der Waals surface area contributed by atoms with E-state index in [9.17, 15) is 5.11 Å². The molecule has 2 fully saturated rings. The van der Waals surface area contributed by atoms with E-state index >= 15 is 0 Å². The monoisotopic (exact) mass is 282 g/mol. The summed E-state index contributed by atoms with van der Waals surface area (Å²) in [7, 11) is 0. The molecule has 20 heavy (non-hydrogen) atoms. The van der Waals surface area contributed by atoms with Gasteiger partial charge >= 0.3 is 0 Å². The molecular weight excluding hydrogens is 252 g/mol. The fourth-order valence-corrected chi connectivity index (χ4v) is 3.16. The molecule has 5 nitrogen and oxygen atoms in total. The number of hydrogen-bond donors (Lipinski definition) is 2. The van der Waals surface area contributed by atoms with Crippen LogP contribution >= 0.6 is 0 Å². The van der Waals surface area contributed by atoms with Gasteiger partial charge in [-0.15, -0.1) is 0 Å². The number of aliphatic hydroxyl groups is 1. The van der Waals surface area contributed by atoms with Gasteiger partial charge in [0.15, 0.2) is 5.96 Å². The second-order valence-corrected chi connectivity index (χ2v) is 6.04. The molecule has 0 aromatic rings. The molecular formula is C15H30N4O. The molecule has 2 atom stereocenters. The molecule has 0 saturated carbocycles. The number of nitrogens with one attached hydrogen (secondary N) is 1. The average molecular weight is 282 g/mol. The molecule has 2 rings (SSSR count). The molecule has 0 aromatic carbocycles. The Morgan fingerprint density at radius 1 is 1.25 bits per heavy atom. The molecule has 0 amide bonds. The van der Waals surface area contributed by atoms with Crippen LogP contribution in [-0.4, -0.2) is 72.8 Å². The Kier molecular flexibility index (Phi) is 6.10. The first-order chi connectivity index (χ1) is 9.72. The summed E-state index contributed by atoms with van der Waals surface area (Å²) in [6, 6.07) is 0. The SMILES string of the molecule is CCCN1CCC(CN=C(NCC)N2CC[C@@H](O)C2)C1. The zero-order valence-electron chi connectivity index (χ0n) is 13.0. The van der Waals surface area contributed by atoms with Crippen LogP contribution in [-0.2, 0) is 0 Å². The van der Waals surface area contributed by atoms with Gasteiger partial charge < -0.3 is 20.2 Å². The lowest BCUT2D eigenvalue weighted by molar-refractivity contribution is 0.187. The van der Waals surface area contributed by atoms with Gasteiger partial charge in [0.2, 0.25) is 0 Å².